The van der Waals surface area contributed by atoms with Gasteiger partial charge < -0.3 is 4.98 Å². The van der Waals surface area contributed by atoms with E-state index < -0.39 is 16.1 Å². The number of hydrogen-bond donors (Lipinski definition) is 2. The van der Waals surface area contributed by atoms with Crippen LogP contribution in [0.15, 0.2) is 64.1 Å². The highest BCUT2D eigenvalue weighted by atomic mass is 79.9. The first kappa shape index (κ1) is 19.5. The van der Waals surface area contributed by atoms with Gasteiger partial charge in [0.25, 0.3) is 0 Å². The largest absolute Gasteiger partial charge is 0.341 e. The molecule has 1 aromatic heterocycles. The Labute approximate surface area is 166 Å². The van der Waals surface area contributed by atoms with Gasteiger partial charge in [-0.25, -0.2) is 18.1 Å². The number of aromatic nitrogens is 2. The lowest BCUT2D eigenvalue weighted by Gasteiger charge is -2.12. The number of nitrogens with zero attached hydrogens (tertiary/aromatic N) is 1. The van der Waals surface area contributed by atoms with Crippen LogP contribution in [0.4, 0.5) is 0 Å². The Balaban J connectivity index is 1.77. The van der Waals surface area contributed by atoms with E-state index in [1.54, 1.807) is 13.1 Å². The van der Waals surface area contributed by atoms with Gasteiger partial charge in [0.15, 0.2) is 5.78 Å². The minimum absolute atomic E-state index is 0.0963. The molecule has 0 aliphatic rings. The maximum Gasteiger partial charge on any atom is 0.241 e. The van der Waals surface area contributed by atoms with Crippen LogP contribution >= 0.6 is 15.9 Å². The van der Waals surface area contributed by atoms with Gasteiger partial charge in [0.2, 0.25) is 10.0 Å². The highest BCUT2D eigenvalue weighted by molar-refractivity contribution is 9.10. The van der Waals surface area contributed by atoms with Gasteiger partial charge in [0, 0.05) is 10.0 Å². The number of halogens is 1. The fourth-order valence-electron chi connectivity index (χ4n) is 2.56. The second-order valence-electron chi connectivity index (χ2n) is 6.11. The summed E-state index contributed by atoms with van der Waals surface area (Å²) in [4.78, 5) is 18.9. The lowest BCUT2D eigenvalue weighted by Crippen LogP contribution is -2.27. The van der Waals surface area contributed by atoms with Gasteiger partial charge in [0.05, 0.1) is 22.8 Å². The summed E-state index contributed by atoms with van der Waals surface area (Å²) < 4.78 is 28.7. The van der Waals surface area contributed by atoms with Gasteiger partial charge in [-0.05, 0) is 43.7 Å². The van der Waals surface area contributed by atoms with Crippen molar-refractivity contribution in [2.45, 2.75) is 24.8 Å². The molecule has 0 aliphatic carbocycles. The van der Waals surface area contributed by atoms with Crippen LogP contribution in [0.25, 0.3) is 11.3 Å². The molecule has 8 heteroatoms. The fourth-order valence-corrected chi connectivity index (χ4v) is 4.03. The number of sulfonamides is 1. The predicted octanol–water partition coefficient (Wildman–Crippen LogP) is 4.08. The van der Waals surface area contributed by atoms with E-state index in [1.807, 2.05) is 24.3 Å². The molecule has 27 heavy (non-hydrogen) atoms. The quantitative estimate of drug-likeness (QED) is 0.556. The number of hydrogen-bond acceptors (Lipinski definition) is 4. The standard InChI is InChI=1S/C19H18BrN3O3S/c1-12(19-21-11-18(22-19)15-3-7-16(20)8-4-15)23-27(25,26)17-9-5-14(6-10-17)13(2)24/h3-12,23H,1-2H3,(H,21,22). The molecule has 0 saturated heterocycles. The number of ketones is 1. The molecule has 2 N–H and O–H groups in total. The first-order valence-corrected chi connectivity index (χ1v) is 10.5. The Morgan fingerprint density at radius 3 is 2.33 bits per heavy atom. The normalized spacial score (nSPS) is 12.7. The Morgan fingerprint density at radius 1 is 1.11 bits per heavy atom. The molecule has 140 valence electrons. The first-order valence-electron chi connectivity index (χ1n) is 8.20. The van der Waals surface area contributed by atoms with Crippen molar-refractivity contribution in [2.24, 2.45) is 0 Å². The number of aromatic amines is 1. The van der Waals surface area contributed by atoms with E-state index in [0.717, 1.165) is 15.7 Å². The molecule has 0 saturated carbocycles. The predicted molar refractivity (Wildman–Crippen MR) is 107 cm³/mol. The van der Waals surface area contributed by atoms with Gasteiger partial charge in [-0.3, -0.25) is 4.79 Å². The zero-order chi connectivity index (χ0) is 19.6. The molecule has 0 bridgehead atoms. The summed E-state index contributed by atoms with van der Waals surface area (Å²) in [6.07, 6.45) is 1.67. The maximum atomic E-state index is 12.6. The van der Waals surface area contributed by atoms with E-state index in [0.29, 0.717) is 11.4 Å². The summed E-state index contributed by atoms with van der Waals surface area (Å²) in [6.45, 7) is 3.15. The lowest BCUT2D eigenvalue weighted by atomic mass is 10.2. The molecule has 1 atom stereocenters. The van der Waals surface area contributed by atoms with Crippen LogP contribution in [-0.2, 0) is 10.0 Å². The summed E-state index contributed by atoms with van der Waals surface area (Å²) in [5.41, 5.74) is 2.22. The highest BCUT2D eigenvalue weighted by Gasteiger charge is 2.20. The lowest BCUT2D eigenvalue weighted by molar-refractivity contribution is 0.101. The second kappa shape index (κ2) is 7.75. The molecule has 3 rings (SSSR count). The van der Waals surface area contributed by atoms with Crippen molar-refractivity contribution in [1.82, 2.24) is 14.7 Å². The van der Waals surface area contributed by atoms with E-state index in [-0.39, 0.29) is 10.7 Å². The van der Waals surface area contributed by atoms with E-state index >= 15 is 0 Å². The number of carbonyl (C=O) groups excluding carboxylic acids is 1. The Morgan fingerprint density at radius 2 is 1.74 bits per heavy atom. The average molecular weight is 448 g/mol. The van der Waals surface area contributed by atoms with Crippen LogP contribution in [0.5, 0.6) is 0 Å². The van der Waals surface area contributed by atoms with Crippen LogP contribution in [0.2, 0.25) is 0 Å². The fraction of sp³-hybridized carbons (Fsp3) is 0.158. The molecular formula is C19H18BrN3O3S. The van der Waals surface area contributed by atoms with Crippen molar-refractivity contribution in [2.75, 3.05) is 0 Å². The number of Topliss-reactive ketones (excluding diaryl/α,β-unsaturated/α-hetero) is 1. The summed E-state index contributed by atoms with van der Waals surface area (Å²) in [5.74, 6) is 0.396. The average Bonchev–Trinajstić information content (AvgIpc) is 3.12. The third-order valence-corrected chi connectivity index (χ3v) is 6.15. The van der Waals surface area contributed by atoms with Gasteiger partial charge in [-0.15, -0.1) is 0 Å². The number of H-pyrrole nitrogens is 1. The molecule has 0 aliphatic heterocycles. The van der Waals surface area contributed by atoms with Gasteiger partial charge in [0.1, 0.15) is 5.82 Å². The van der Waals surface area contributed by atoms with Crippen LogP contribution in [-0.4, -0.2) is 24.2 Å². The number of carbonyl (C=O) groups is 1. The van der Waals surface area contributed by atoms with Crippen molar-refractivity contribution in [3.8, 4) is 11.3 Å². The van der Waals surface area contributed by atoms with Crippen molar-refractivity contribution in [3.63, 3.8) is 0 Å². The van der Waals surface area contributed by atoms with E-state index in [2.05, 4.69) is 30.6 Å². The minimum Gasteiger partial charge on any atom is -0.341 e. The van der Waals surface area contributed by atoms with Crippen molar-refractivity contribution >= 4 is 31.7 Å². The van der Waals surface area contributed by atoms with Crippen LogP contribution in [0.1, 0.15) is 36.1 Å². The second-order valence-corrected chi connectivity index (χ2v) is 8.74. The number of nitrogens with one attached hydrogen (secondary N) is 2. The summed E-state index contributed by atoms with van der Waals surface area (Å²) in [7, 11) is -3.74. The molecule has 2 aromatic carbocycles. The SMILES string of the molecule is CC(=O)c1ccc(S(=O)(=O)NC(C)c2ncc(-c3ccc(Br)cc3)[nH]2)cc1. The third kappa shape index (κ3) is 4.52. The highest BCUT2D eigenvalue weighted by Crippen LogP contribution is 2.22. The van der Waals surface area contributed by atoms with Gasteiger partial charge >= 0.3 is 0 Å². The monoisotopic (exact) mass is 447 g/mol. The van der Waals surface area contributed by atoms with Crippen molar-refractivity contribution < 1.29 is 13.2 Å². The smallest absolute Gasteiger partial charge is 0.241 e. The van der Waals surface area contributed by atoms with E-state index in [4.69, 9.17) is 0 Å². The number of rotatable bonds is 6. The Kier molecular flexibility index (Phi) is 5.59. The molecule has 0 amide bonds. The molecule has 3 aromatic rings. The molecule has 0 fully saturated rings. The molecular weight excluding hydrogens is 430 g/mol. The molecule has 6 nitrogen and oxygen atoms in total. The van der Waals surface area contributed by atoms with E-state index in [9.17, 15) is 13.2 Å². The zero-order valence-electron chi connectivity index (χ0n) is 14.7. The Bertz CT molecular complexity index is 1060. The molecule has 0 radical (unpaired) electrons. The number of benzene rings is 2. The maximum absolute atomic E-state index is 12.6. The summed E-state index contributed by atoms with van der Waals surface area (Å²) in [5, 5.41) is 0. The summed E-state index contributed by atoms with van der Waals surface area (Å²) in [6, 6.07) is 13.0. The zero-order valence-corrected chi connectivity index (χ0v) is 17.1. The van der Waals surface area contributed by atoms with Gasteiger partial charge in [-0.1, -0.05) is 40.2 Å². The molecule has 1 heterocycles. The third-order valence-electron chi connectivity index (χ3n) is 4.06. The van der Waals surface area contributed by atoms with Crippen molar-refractivity contribution in [3.05, 3.63) is 70.6 Å². The van der Waals surface area contributed by atoms with Crippen LogP contribution in [0, 0.1) is 0 Å². The van der Waals surface area contributed by atoms with Crippen LogP contribution < -0.4 is 4.72 Å². The molecule has 0 spiro atoms. The minimum atomic E-state index is -3.74. The topological polar surface area (TPSA) is 91.9 Å². The summed E-state index contributed by atoms with van der Waals surface area (Å²) >= 11 is 3.39. The Hall–Kier alpha value is -2.29. The first-order chi connectivity index (χ1) is 12.8. The van der Waals surface area contributed by atoms with Gasteiger partial charge in [-0.2, -0.15) is 0 Å². The van der Waals surface area contributed by atoms with Crippen LogP contribution in [0.3, 0.4) is 0 Å². The number of imidazole rings is 1. The van der Waals surface area contributed by atoms with Crippen molar-refractivity contribution in [1.29, 1.82) is 0 Å². The van der Waals surface area contributed by atoms with E-state index in [1.165, 1.54) is 31.2 Å². The molecule has 1 unspecified atom stereocenters.